The van der Waals surface area contributed by atoms with Crippen LogP contribution >= 0.6 is 11.8 Å². The first kappa shape index (κ1) is 16.5. The van der Waals surface area contributed by atoms with Gasteiger partial charge in [0.15, 0.2) is 0 Å². The SMILES string of the molecule is COC(=O)c1cc(C)ccc1NC(=O)[C@@H](N)CCSC. The van der Waals surface area contributed by atoms with Gasteiger partial charge in [0.25, 0.3) is 0 Å². The molecule has 1 atom stereocenters. The molecule has 1 amide bonds. The van der Waals surface area contributed by atoms with E-state index < -0.39 is 12.0 Å². The van der Waals surface area contributed by atoms with Gasteiger partial charge in [-0.3, -0.25) is 4.79 Å². The lowest BCUT2D eigenvalue weighted by atomic mass is 10.1. The molecule has 110 valence electrons. The van der Waals surface area contributed by atoms with E-state index in [0.717, 1.165) is 11.3 Å². The number of esters is 1. The van der Waals surface area contributed by atoms with E-state index >= 15 is 0 Å². The monoisotopic (exact) mass is 296 g/mol. The van der Waals surface area contributed by atoms with E-state index in [1.807, 2.05) is 19.2 Å². The highest BCUT2D eigenvalue weighted by molar-refractivity contribution is 7.98. The molecule has 3 N–H and O–H groups in total. The summed E-state index contributed by atoms with van der Waals surface area (Å²) in [5, 5.41) is 2.69. The van der Waals surface area contributed by atoms with E-state index in [9.17, 15) is 9.59 Å². The van der Waals surface area contributed by atoms with Crippen molar-refractivity contribution in [1.29, 1.82) is 0 Å². The number of benzene rings is 1. The summed E-state index contributed by atoms with van der Waals surface area (Å²) in [5.41, 5.74) is 7.46. The zero-order valence-corrected chi connectivity index (χ0v) is 12.8. The molecule has 1 rings (SSSR count). The Hall–Kier alpha value is -1.53. The number of aryl methyl sites for hydroxylation is 1. The van der Waals surface area contributed by atoms with Crippen LogP contribution in [0.25, 0.3) is 0 Å². The normalized spacial score (nSPS) is 11.8. The molecule has 1 aromatic carbocycles. The second-order valence-corrected chi connectivity index (χ2v) is 5.40. The standard InChI is InChI=1S/C14H20N2O3S/c1-9-4-5-12(10(8-9)14(18)19-2)16-13(17)11(15)6-7-20-3/h4-5,8,11H,6-7,15H2,1-3H3,(H,16,17)/t11-/m0/s1. The molecule has 0 aliphatic carbocycles. The van der Waals surface area contributed by atoms with Crippen molar-refractivity contribution >= 4 is 29.3 Å². The van der Waals surface area contributed by atoms with E-state index in [2.05, 4.69) is 5.32 Å². The maximum absolute atomic E-state index is 12.0. The lowest BCUT2D eigenvalue weighted by molar-refractivity contribution is -0.117. The third-order valence-electron chi connectivity index (χ3n) is 2.81. The van der Waals surface area contributed by atoms with Crippen molar-refractivity contribution in [2.45, 2.75) is 19.4 Å². The first-order chi connectivity index (χ1) is 9.49. The minimum absolute atomic E-state index is 0.298. The van der Waals surface area contributed by atoms with E-state index in [0.29, 0.717) is 17.7 Å². The number of nitrogens with one attached hydrogen (secondary N) is 1. The van der Waals surface area contributed by atoms with Gasteiger partial charge in [-0.15, -0.1) is 0 Å². The van der Waals surface area contributed by atoms with Crippen LogP contribution in [0.2, 0.25) is 0 Å². The molecule has 0 spiro atoms. The number of rotatable bonds is 6. The number of methoxy groups -OCH3 is 1. The van der Waals surface area contributed by atoms with Crippen molar-refractivity contribution in [2.24, 2.45) is 5.73 Å². The minimum atomic E-state index is -0.589. The summed E-state index contributed by atoms with van der Waals surface area (Å²) in [4.78, 5) is 23.7. The van der Waals surface area contributed by atoms with Gasteiger partial charge in [-0.05, 0) is 37.5 Å². The largest absolute Gasteiger partial charge is 0.465 e. The lowest BCUT2D eigenvalue weighted by Crippen LogP contribution is -2.36. The van der Waals surface area contributed by atoms with Crippen molar-refractivity contribution < 1.29 is 14.3 Å². The Morgan fingerprint density at radius 3 is 2.75 bits per heavy atom. The molecular formula is C14H20N2O3S. The van der Waals surface area contributed by atoms with Crippen molar-refractivity contribution in [3.63, 3.8) is 0 Å². The van der Waals surface area contributed by atoms with Crippen LogP contribution in [-0.4, -0.2) is 37.0 Å². The van der Waals surface area contributed by atoms with Gasteiger partial charge in [0, 0.05) is 0 Å². The topological polar surface area (TPSA) is 81.4 Å². The molecule has 0 aliphatic rings. The number of amides is 1. The Balaban J connectivity index is 2.86. The van der Waals surface area contributed by atoms with E-state index in [1.54, 1.807) is 23.9 Å². The Bertz CT molecular complexity index is 491. The van der Waals surface area contributed by atoms with Gasteiger partial charge in [-0.2, -0.15) is 11.8 Å². The number of nitrogens with two attached hydrogens (primary N) is 1. The van der Waals surface area contributed by atoms with Gasteiger partial charge >= 0.3 is 5.97 Å². The lowest BCUT2D eigenvalue weighted by Gasteiger charge is -2.14. The van der Waals surface area contributed by atoms with Crippen molar-refractivity contribution in [3.8, 4) is 0 Å². The van der Waals surface area contributed by atoms with E-state index in [4.69, 9.17) is 10.5 Å². The summed E-state index contributed by atoms with van der Waals surface area (Å²) in [5.74, 6) is 0.0292. The van der Waals surface area contributed by atoms with Crippen LogP contribution in [0.3, 0.4) is 0 Å². The molecule has 0 radical (unpaired) electrons. The fourth-order valence-electron chi connectivity index (χ4n) is 1.65. The van der Waals surface area contributed by atoms with E-state index in [1.165, 1.54) is 7.11 Å². The molecule has 0 aliphatic heterocycles. The molecule has 20 heavy (non-hydrogen) atoms. The molecule has 0 fully saturated rings. The smallest absolute Gasteiger partial charge is 0.339 e. The Morgan fingerprint density at radius 1 is 1.45 bits per heavy atom. The van der Waals surface area contributed by atoms with E-state index in [-0.39, 0.29) is 5.91 Å². The number of anilines is 1. The minimum Gasteiger partial charge on any atom is -0.465 e. The van der Waals surface area contributed by atoms with Crippen LogP contribution in [0.1, 0.15) is 22.3 Å². The molecule has 0 bridgehead atoms. The fourth-order valence-corrected chi connectivity index (χ4v) is 2.14. The van der Waals surface area contributed by atoms with Crippen LogP contribution in [-0.2, 0) is 9.53 Å². The highest BCUT2D eigenvalue weighted by atomic mass is 32.2. The second kappa shape index (κ2) is 7.91. The Kier molecular flexibility index (Phi) is 6.54. The number of hydrogen-bond donors (Lipinski definition) is 2. The predicted octanol–water partition coefficient (Wildman–Crippen LogP) is 1.80. The highest BCUT2D eigenvalue weighted by Crippen LogP contribution is 2.19. The van der Waals surface area contributed by atoms with Crippen molar-refractivity contribution in [3.05, 3.63) is 29.3 Å². The summed E-state index contributed by atoms with van der Waals surface area (Å²) in [6, 6.07) is 4.58. The average Bonchev–Trinajstić information content (AvgIpc) is 2.45. The molecular weight excluding hydrogens is 276 g/mol. The van der Waals surface area contributed by atoms with Crippen molar-refractivity contribution in [2.75, 3.05) is 24.4 Å². The summed E-state index contributed by atoms with van der Waals surface area (Å²) in [6.45, 7) is 1.86. The molecule has 1 aromatic rings. The molecule has 6 heteroatoms. The number of carbonyl (C=O) groups excluding carboxylic acids is 2. The first-order valence-electron chi connectivity index (χ1n) is 6.24. The molecule has 0 aromatic heterocycles. The van der Waals surface area contributed by atoms with Gasteiger partial charge in [-0.1, -0.05) is 11.6 Å². The molecule has 0 heterocycles. The zero-order valence-electron chi connectivity index (χ0n) is 11.9. The van der Waals surface area contributed by atoms with Crippen LogP contribution in [0, 0.1) is 6.92 Å². The van der Waals surface area contributed by atoms with Gasteiger partial charge < -0.3 is 15.8 Å². The van der Waals surface area contributed by atoms with Crippen LogP contribution in [0.4, 0.5) is 5.69 Å². The third-order valence-corrected chi connectivity index (χ3v) is 3.45. The quantitative estimate of drug-likeness (QED) is 0.782. The van der Waals surface area contributed by atoms with Gasteiger partial charge in [0.2, 0.25) is 5.91 Å². The second-order valence-electron chi connectivity index (χ2n) is 4.42. The van der Waals surface area contributed by atoms with Gasteiger partial charge in [0.1, 0.15) is 0 Å². The van der Waals surface area contributed by atoms with Crippen molar-refractivity contribution in [1.82, 2.24) is 0 Å². The third kappa shape index (κ3) is 4.54. The molecule has 0 saturated heterocycles. The van der Waals surface area contributed by atoms with Gasteiger partial charge in [0.05, 0.1) is 24.4 Å². The Labute approximate surface area is 123 Å². The highest BCUT2D eigenvalue weighted by Gasteiger charge is 2.17. The van der Waals surface area contributed by atoms with Crippen LogP contribution in [0.15, 0.2) is 18.2 Å². The average molecular weight is 296 g/mol. The summed E-state index contributed by atoms with van der Waals surface area (Å²) < 4.78 is 4.71. The van der Waals surface area contributed by atoms with Crippen LogP contribution < -0.4 is 11.1 Å². The van der Waals surface area contributed by atoms with Gasteiger partial charge in [-0.25, -0.2) is 4.79 Å². The number of hydrogen-bond acceptors (Lipinski definition) is 5. The maximum atomic E-state index is 12.0. The predicted molar refractivity (Wildman–Crippen MR) is 82.1 cm³/mol. The molecule has 0 saturated carbocycles. The number of carbonyl (C=O) groups is 2. The summed E-state index contributed by atoms with van der Waals surface area (Å²) >= 11 is 1.63. The maximum Gasteiger partial charge on any atom is 0.339 e. The number of ether oxygens (including phenoxy) is 1. The molecule has 0 unspecified atom stereocenters. The fraction of sp³-hybridized carbons (Fsp3) is 0.429. The summed E-state index contributed by atoms with van der Waals surface area (Å²) in [7, 11) is 1.31. The Morgan fingerprint density at radius 2 is 2.15 bits per heavy atom. The zero-order chi connectivity index (χ0) is 15.1. The van der Waals surface area contributed by atoms with Crippen LogP contribution in [0.5, 0.6) is 0 Å². The number of thioether (sulfide) groups is 1. The molecule has 5 nitrogen and oxygen atoms in total. The first-order valence-corrected chi connectivity index (χ1v) is 7.63. The summed E-state index contributed by atoms with van der Waals surface area (Å²) in [6.07, 6.45) is 2.55.